The Balaban J connectivity index is 1.39. The van der Waals surface area contributed by atoms with Crippen molar-refractivity contribution in [3.05, 3.63) is 58.7 Å². The minimum absolute atomic E-state index is 0.704. The van der Waals surface area contributed by atoms with Crippen LogP contribution in [0.5, 0.6) is 0 Å². The summed E-state index contributed by atoms with van der Waals surface area (Å²) in [4.78, 5) is 12.9. The van der Waals surface area contributed by atoms with Crippen LogP contribution in [0.4, 0.5) is 5.13 Å². The van der Waals surface area contributed by atoms with Crippen LogP contribution in [0.15, 0.2) is 42.5 Å². The van der Waals surface area contributed by atoms with Crippen molar-refractivity contribution in [2.45, 2.75) is 12.8 Å². The van der Waals surface area contributed by atoms with Crippen molar-refractivity contribution >= 4 is 33.4 Å². The summed E-state index contributed by atoms with van der Waals surface area (Å²) >= 11 is 1.64. The zero-order chi connectivity index (χ0) is 16.4. The van der Waals surface area contributed by atoms with Gasteiger partial charge in [0.1, 0.15) is 0 Å². The van der Waals surface area contributed by atoms with E-state index in [4.69, 9.17) is 5.73 Å². The number of nitrogens with zero attached hydrogens (tertiary/aromatic N) is 3. The van der Waals surface area contributed by atoms with Crippen LogP contribution in [0.25, 0.3) is 17.0 Å². The molecular weight excluding hydrogens is 316 g/mol. The molecule has 3 heterocycles. The monoisotopic (exact) mass is 336 g/mol. The van der Waals surface area contributed by atoms with E-state index in [0.717, 1.165) is 43.7 Å². The predicted molar refractivity (Wildman–Crippen MR) is 101 cm³/mol. The molecular formula is C19H20N4S. The Hall–Kier alpha value is -2.24. The van der Waals surface area contributed by atoms with E-state index in [-0.39, 0.29) is 0 Å². The van der Waals surface area contributed by atoms with Gasteiger partial charge in [0.15, 0.2) is 5.13 Å². The summed E-state index contributed by atoms with van der Waals surface area (Å²) in [5.74, 6) is 0. The molecule has 0 amide bonds. The summed E-state index contributed by atoms with van der Waals surface area (Å²) in [5.41, 5.74) is 9.05. The van der Waals surface area contributed by atoms with E-state index in [9.17, 15) is 0 Å². The number of thiazole rings is 1. The summed E-state index contributed by atoms with van der Waals surface area (Å²) < 4.78 is 0. The van der Waals surface area contributed by atoms with Gasteiger partial charge in [-0.3, -0.25) is 4.90 Å². The minimum atomic E-state index is 0.704. The lowest BCUT2D eigenvalue weighted by Gasteiger charge is -2.17. The van der Waals surface area contributed by atoms with Gasteiger partial charge in [-0.25, -0.2) is 9.97 Å². The highest BCUT2D eigenvalue weighted by molar-refractivity contribution is 7.15. The van der Waals surface area contributed by atoms with E-state index >= 15 is 0 Å². The average Bonchev–Trinajstić information content (AvgIpc) is 2.86. The van der Waals surface area contributed by atoms with E-state index in [1.165, 1.54) is 16.0 Å². The molecule has 1 aliphatic rings. The summed E-state index contributed by atoms with van der Waals surface area (Å²) in [6, 6.07) is 12.4. The molecule has 2 aromatic heterocycles. The van der Waals surface area contributed by atoms with Gasteiger partial charge >= 0.3 is 0 Å². The van der Waals surface area contributed by atoms with Crippen LogP contribution in [-0.2, 0) is 12.8 Å². The normalized spacial score (nSPS) is 15.7. The zero-order valence-electron chi connectivity index (χ0n) is 13.5. The third-order valence-corrected chi connectivity index (χ3v) is 5.37. The Morgan fingerprint density at radius 1 is 1.08 bits per heavy atom. The maximum atomic E-state index is 5.80. The number of pyridine rings is 1. The molecule has 0 atom stereocenters. The molecule has 0 fully saturated rings. The van der Waals surface area contributed by atoms with E-state index in [2.05, 4.69) is 51.3 Å². The Kier molecular flexibility index (Phi) is 4.28. The largest absolute Gasteiger partial charge is 0.375 e. The molecule has 0 saturated carbocycles. The fourth-order valence-corrected chi connectivity index (χ4v) is 3.98. The van der Waals surface area contributed by atoms with Gasteiger partial charge in [0.2, 0.25) is 0 Å². The van der Waals surface area contributed by atoms with Gasteiger partial charge < -0.3 is 5.73 Å². The number of benzene rings is 1. The lowest BCUT2D eigenvalue weighted by molar-refractivity contribution is 0.318. The highest BCUT2D eigenvalue weighted by atomic mass is 32.1. The number of nitrogen functional groups attached to an aromatic ring is 1. The summed E-state index contributed by atoms with van der Waals surface area (Å²) in [7, 11) is 0. The van der Waals surface area contributed by atoms with Gasteiger partial charge in [0, 0.05) is 36.3 Å². The van der Waals surface area contributed by atoms with Crippen LogP contribution in [0, 0.1) is 0 Å². The maximum absolute atomic E-state index is 5.80. The molecule has 0 radical (unpaired) electrons. The van der Waals surface area contributed by atoms with Crippen molar-refractivity contribution in [2.75, 3.05) is 25.4 Å². The number of hydrogen-bond acceptors (Lipinski definition) is 5. The molecule has 4 rings (SSSR count). The van der Waals surface area contributed by atoms with Gasteiger partial charge in [-0.15, -0.1) is 11.3 Å². The van der Waals surface area contributed by atoms with Crippen molar-refractivity contribution in [1.82, 2.24) is 14.9 Å². The van der Waals surface area contributed by atoms with Crippen LogP contribution in [-0.4, -0.2) is 34.5 Å². The van der Waals surface area contributed by atoms with Crippen LogP contribution in [0.3, 0.4) is 0 Å². The second-order valence-corrected chi connectivity index (χ2v) is 7.17. The molecule has 24 heavy (non-hydrogen) atoms. The lowest BCUT2D eigenvalue weighted by Crippen LogP contribution is -2.26. The first-order valence-corrected chi connectivity index (χ1v) is 9.08. The summed E-state index contributed by atoms with van der Waals surface area (Å²) in [5, 5.41) is 1.89. The molecule has 122 valence electrons. The van der Waals surface area contributed by atoms with E-state index < -0.39 is 0 Å². The van der Waals surface area contributed by atoms with Gasteiger partial charge in [0.25, 0.3) is 0 Å². The first kappa shape index (κ1) is 15.3. The SMILES string of the molecule is Nc1nc2c(s1)CCN(CC=Cc1ccc3ccccc3n1)CC2. The minimum Gasteiger partial charge on any atom is -0.375 e. The smallest absolute Gasteiger partial charge is 0.180 e. The van der Waals surface area contributed by atoms with E-state index in [0.29, 0.717) is 5.13 Å². The number of para-hydroxylation sites is 1. The Labute approximate surface area is 145 Å². The molecule has 1 aliphatic heterocycles. The number of nitrogens with two attached hydrogens (primary N) is 1. The standard InChI is InChI=1S/C19H20N4S/c20-19-22-17-9-12-23(13-10-18(17)24-19)11-3-5-15-8-7-14-4-1-2-6-16(14)21-15/h1-8H,9-13H2,(H2,20,22). The maximum Gasteiger partial charge on any atom is 0.180 e. The Morgan fingerprint density at radius 3 is 2.92 bits per heavy atom. The first-order chi connectivity index (χ1) is 11.8. The summed E-state index contributed by atoms with van der Waals surface area (Å²) in [6.07, 6.45) is 6.36. The molecule has 0 aliphatic carbocycles. The van der Waals surface area contributed by atoms with Crippen molar-refractivity contribution < 1.29 is 0 Å². The number of anilines is 1. The zero-order valence-corrected chi connectivity index (χ0v) is 14.3. The molecule has 0 saturated heterocycles. The summed E-state index contributed by atoms with van der Waals surface area (Å²) in [6.45, 7) is 3.04. The van der Waals surface area contributed by atoms with Gasteiger partial charge in [-0.1, -0.05) is 30.3 Å². The van der Waals surface area contributed by atoms with Crippen molar-refractivity contribution in [3.8, 4) is 0 Å². The van der Waals surface area contributed by atoms with Crippen molar-refractivity contribution in [3.63, 3.8) is 0 Å². The lowest BCUT2D eigenvalue weighted by atomic mass is 10.2. The van der Waals surface area contributed by atoms with Crippen LogP contribution >= 0.6 is 11.3 Å². The molecule has 0 bridgehead atoms. The Bertz CT molecular complexity index is 858. The molecule has 0 unspecified atom stereocenters. The highest BCUT2D eigenvalue weighted by Gasteiger charge is 2.16. The molecule has 2 N–H and O–H groups in total. The van der Waals surface area contributed by atoms with E-state index in [1.54, 1.807) is 11.3 Å². The second-order valence-electron chi connectivity index (χ2n) is 6.05. The van der Waals surface area contributed by atoms with Crippen molar-refractivity contribution in [2.24, 2.45) is 0 Å². The molecule has 1 aromatic carbocycles. The third kappa shape index (κ3) is 3.32. The topological polar surface area (TPSA) is 55.0 Å². The average molecular weight is 336 g/mol. The number of aromatic nitrogens is 2. The van der Waals surface area contributed by atoms with Gasteiger partial charge in [0.05, 0.1) is 16.9 Å². The number of hydrogen-bond donors (Lipinski definition) is 1. The van der Waals surface area contributed by atoms with Crippen LogP contribution in [0.2, 0.25) is 0 Å². The van der Waals surface area contributed by atoms with Crippen LogP contribution in [0.1, 0.15) is 16.3 Å². The predicted octanol–water partition coefficient (Wildman–Crippen LogP) is 3.39. The number of rotatable bonds is 3. The molecule has 5 heteroatoms. The van der Waals surface area contributed by atoms with Gasteiger partial charge in [-0.2, -0.15) is 0 Å². The Morgan fingerprint density at radius 2 is 1.96 bits per heavy atom. The molecule has 4 nitrogen and oxygen atoms in total. The fraction of sp³-hybridized carbons (Fsp3) is 0.263. The van der Waals surface area contributed by atoms with Gasteiger partial charge in [-0.05, 0) is 24.6 Å². The molecule has 0 spiro atoms. The fourth-order valence-electron chi connectivity index (χ4n) is 3.11. The number of fused-ring (bicyclic) bond motifs is 2. The third-order valence-electron chi connectivity index (χ3n) is 4.39. The highest BCUT2D eigenvalue weighted by Crippen LogP contribution is 2.24. The molecule has 3 aromatic rings. The quantitative estimate of drug-likeness (QED) is 0.796. The van der Waals surface area contributed by atoms with Crippen molar-refractivity contribution in [1.29, 1.82) is 0 Å². The first-order valence-electron chi connectivity index (χ1n) is 8.27. The second kappa shape index (κ2) is 6.71. The van der Waals surface area contributed by atoms with E-state index in [1.807, 2.05) is 12.1 Å². The van der Waals surface area contributed by atoms with Crippen LogP contribution < -0.4 is 5.73 Å².